The maximum absolute atomic E-state index is 13.7. The molecule has 0 saturated heterocycles. The van der Waals surface area contributed by atoms with Crippen LogP contribution in [0.5, 0.6) is 0 Å². The highest BCUT2D eigenvalue weighted by molar-refractivity contribution is 9.10. The van der Waals surface area contributed by atoms with Crippen molar-refractivity contribution in [1.29, 1.82) is 0 Å². The summed E-state index contributed by atoms with van der Waals surface area (Å²) in [5.74, 6) is -2.67. The Morgan fingerprint density at radius 3 is 2.58 bits per heavy atom. The van der Waals surface area contributed by atoms with Gasteiger partial charge in [0.25, 0.3) is 0 Å². The predicted molar refractivity (Wildman–Crippen MR) is 73.5 cm³/mol. The summed E-state index contributed by atoms with van der Waals surface area (Å²) in [4.78, 5) is 24.0. The molecule has 1 atom stereocenters. The first kappa shape index (κ1) is 15.8. The number of ketones is 1. The van der Waals surface area contributed by atoms with Crippen LogP contribution in [0.1, 0.15) is 37.0 Å². The van der Waals surface area contributed by atoms with E-state index in [1.807, 2.05) is 6.92 Å². The fourth-order valence-electron chi connectivity index (χ4n) is 1.76. The Morgan fingerprint density at radius 2 is 2.05 bits per heavy atom. The van der Waals surface area contributed by atoms with Crippen LogP contribution in [0.4, 0.5) is 4.39 Å². The van der Waals surface area contributed by atoms with Crippen molar-refractivity contribution in [2.75, 3.05) is 6.61 Å². The number of benzene rings is 1. The van der Waals surface area contributed by atoms with Crippen LogP contribution in [0.2, 0.25) is 0 Å². The number of halogens is 2. The molecule has 0 aromatic heterocycles. The molecule has 0 bridgehead atoms. The second kappa shape index (κ2) is 7.38. The molecule has 0 fully saturated rings. The zero-order chi connectivity index (χ0) is 14.4. The molecule has 1 rings (SSSR count). The van der Waals surface area contributed by atoms with E-state index in [-0.39, 0.29) is 12.2 Å². The van der Waals surface area contributed by atoms with Gasteiger partial charge in [-0.25, -0.2) is 4.39 Å². The van der Waals surface area contributed by atoms with E-state index >= 15 is 0 Å². The fourth-order valence-corrected chi connectivity index (χ4v) is 2.10. The number of esters is 1. The number of carbonyl (C=O) groups excluding carboxylic acids is 2. The standard InChI is InChI=1S/C14H16BrFO3/c1-3-5-11(14(18)19-4-2)13(17)10-7-6-9(15)8-12(10)16/h6-8,11H,3-5H2,1-2H3. The van der Waals surface area contributed by atoms with E-state index in [2.05, 4.69) is 15.9 Å². The lowest BCUT2D eigenvalue weighted by Crippen LogP contribution is -2.27. The average Bonchev–Trinajstić information content (AvgIpc) is 2.35. The van der Waals surface area contributed by atoms with Gasteiger partial charge in [0.2, 0.25) is 0 Å². The third kappa shape index (κ3) is 4.13. The Kier molecular flexibility index (Phi) is 6.15. The van der Waals surface area contributed by atoms with Crippen molar-refractivity contribution < 1.29 is 18.7 Å². The number of hydrogen-bond donors (Lipinski definition) is 0. The molecule has 0 aliphatic rings. The molecule has 1 aromatic rings. The van der Waals surface area contributed by atoms with Crippen LogP contribution in [0, 0.1) is 11.7 Å². The average molecular weight is 331 g/mol. The monoisotopic (exact) mass is 330 g/mol. The lowest BCUT2D eigenvalue weighted by Gasteiger charge is -2.14. The fraction of sp³-hybridized carbons (Fsp3) is 0.429. The van der Waals surface area contributed by atoms with E-state index in [1.54, 1.807) is 13.0 Å². The molecule has 0 aliphatic heterocycles. The van der Waals surface area contributed by atoms with E-state index < -0.39 is 23.5 Å². The molecular formula is C14H16BrFO3. The Bertz CT molecular complexity index is 474. The van der Waals surface area contributed by atoms with Crippen LogP contribution in [0.15, 0.2) is 22.7 Å². The zero-order valence-corrected chi connectivity index (χ0v) is 12.5. The topological polar surface area (TPSA) is 43.4 Å². The van der Waals surface area contributed by atoms with Gasteiger partial charge in [-0.05, 0) is 31.5 Å². The Balaban J connectivity index is 3.02. The number of rotatable bonds is 6. The minimum Gasteiger partial charge on any atom is -0.465 e. The Hall–Kier alpha value is -1.23. The molecule has 104 valence electrons. The highest BCUT2D eigenvalue weighted by atomic mass is 79.9. The summed E-state index contributed by atoms with van der Waals surface area (Å²) in [5.41, 5.74) is -0.0743. The third-order valence-corrected chi connectivity index (χ3v) is 3.15. The summed E-state index contributed by atoms with van der Waals surface area (Å²) in [5, 5.41) is 0. The minimum atomic E-state index is -0.930. The van der Waals surface area contributed by atoms with E-state index in [0.29, 0.717) is 17.3 Å². The molecule has 0 radical (unpaired) electrons. The van der Waals surface area contributed by atoms with Crippen molar-refractivity contribution in [1.82, 2.24) is 0 Å². The second-order valence-corrected chi connectivity index (χ2v) is 5.00. The Morgan fingerprint density at radius 1 is 1.37 bits per heavy atom. The molecule has 5 heteroatoms. The molecular weight excluding hydrogens is 315 g/mol. The van der Waals surface area contributed by atoms with E-state index in [4.69, 9.17) is 4.74 Å². The highest BCUT2D eigenvalue weighted by Gasteiger charge is 2.29. The van der Waals surface area contributed by atoms with Gasteiger partial charge in [0.1, 0.15) is 11.7 Å². The molecule has 19 heavy (non-hydrogen) atoms. The van der Waals surface area contributed by atoms with Crippen LogP contribution in [0.25, 0.3) is 0 Å². The molecule has 0 heterocycles. The molecule has 0 saturated carbocycles. The summed E-state index contributed by atoms with van der Waals surface area (Å²) in [6.45, 7) is 3.73. The molecule has 0 spiro atoms. The van der Waals surface area contributed by atoms with Gasteiger partial charge in [-0.1, -0.05) is 29.3 Å². The third-order valence-electron chi connectivity index (χ3n) is 2.66. The first-order valence-electron chi connectivity index (χ1n) is 6.17. The normalized spacial score (nSPS) is 12.0. The lowest BCUT2D eigenvalue weighted by molar-refractivity contribution is -0.146. The van der Waals surface area contributed by atoms with Crippen LogP contribution in [0.3, 0.4) is 0 Å². The van der Waals surface area contributed by atoms with Crippen molar-refractivity contribution in [2.24, 2.45) is 5.92 Å². The zero-order valence-electron chi connectivity index (χ0n) is 10.9. The largest absolute Gasteiger partial charge is 0.465 e. The van der Waals surface area contributed by atoms with E-state index in [9.17, 15) is 14.0 Å². The molecule has 0 N–H and O–H groups in total. The van der Waals surface area contributed by atoms with Crippen molar-refractivity contribution in [3.8, 4) is 0 Å². The smallest absolute Gasteiger partial charge is 0.316 e. The quantitative estimate of drug-likeness (QED) is 0.453. The van der Waals surface area contributed by atoms with Crippen molar-refractivity contribution in [3.05, 3.63) is 34.1 Å². The van der Waals surface area contributed by atoms with Crippen LogP contribution < -0.4 is 0 Å². The van der Waals surface area contributed by atoms with Gasteiger partial charge in [0.05, 0.1) is 12.2 Å². The van der Waals surface area contributed by atoms with Gasteiger partial charge in [-0.3, -0.25) is 9.59 Å². The summed E-state index contributed by atoms with van der Waals surface area (Å²) in [6, 6.07) is 4.16. The number of carbonyl (C=O) groups is 2. The molecule has 3 nitrogen and oxygen atoms in total. The lowest BCUT2D eigenvalue weighted by atomic mass is 9.93. The van der Waals surface area contributed by atoms with Gasteiger partial charge in [0.15, 0.2) is 5.78 Å². The maximum atomic E-state index is 13.7. The predicted octanol–water partition coefficient (Wildman–Crippen LogP) is 3.75. The SMILES string of the molecule is CCCC(C(=O)OCC)C(=O)c1ccc(Br)cc1F. The van der Waals surface area contributed by atoms with E-state index in [1.165, 1.54) is 12.1 Å². The maximum Gasteiger partial charge on any atom is 0.316 e. The summed E-state index contributed by atoms with van der Waals surface area (Å²) in [6.07, 6.45) is 1.00. The minimum absolute atomic E-state index is 0.0743. The first-order valence-corrected chi connectivity index (χ1v) is 6.96. The van der Waals surface area contributed by atoms with Gasteiger partial charge in [-0.15, -0.1) is 0 Å². The first-order chi connectivity index (χ1) is 9.01. The Labute approximate surface area is 120 Å². The van der Waals surface area contributed by atoms with Gasteiger partial charge in [0, 0.05) is 4.47 Å². The number of hydrogen-bond acceptors (Lipinski definition) is 3. The number of Topliss-reactive ketones (excluding diaryl/α,β-unsaturated/α-hetero) is 1. The molecule has 1 aromatic carbocycles. The highest BCUT2D eigenvalue weighted by Crippen LogP contribution is 2.21. The van der Waals surface area contributed by atoms with Gasteiger partial charge >= 0.3 is 5.97 Å². The van der Waals surface area contributed by atoms with Gasteiger partial charge in [-0.2, -0.15) is 0 Å². The molecule has 0 aliphatic carbocycles. The van der Waals surface area contributed by atoms with Crippen molar-refractivity contribution in [2.45, 2.75) is 26.7 Å². The van der Waals surface area contributed by atoms with Crippen LogP contribution >= 0.6 is 15.9 Å². The van der Waals surface area contributed by atoms with Crippen molar-refractivity contribution >= 4 is 27.7 Å². The van der Waals surface area contributed by atoms with Crippen LogP contribution in [-0.4, -0.2) is 18.4 Å². The summed E-state index contributed by atoms with van der Waals surface area (Å²) in [7, 11) is 0. The van der Waals surface area contributed by atoms with E-state index in [0.717, 1.165) is 0 Å². The summed E-state index contributed by atoms with van der Waals surface area (Å²) >= 11 is 3.12. The second-order valence-electron chi connectivity index (χ2n) is 4.08. The van der Waals surface area contributed by atoms with Crippen molar-refractivity contribution in [3.63, 3.8) is 0 Å². The summed E-state index contributed by atoms with van der Waals surface area (Å²) < 4.78 is 19.2. The number of ether oxygens (including phenoxy) is 1. The molecule has 0 amide bonds. The molecule has 1 unspecified atom stereocenters. The van der Waals surface area contributed by atoms with Crippen LogP contribution in [-0.2, 0) is 9.53 Å². The van der Waals surface area contributed by atoms with Gasteiger partial charge < -0.3 is 4.74 Å².